The maximum absolute atomic E-state index is 13.0. The van der Waals surface area contributed by atoms with Crippen LogP contribution in [0.25, 0.3) is 5.69 Å². The normalized spacial score (nSPS) is 10.1. The summed E-state index contributed by atoms with van der Waals surface area (Å²) in [7, 11) is 0. The summed E-state index contributed by atoms with van der Waals surface area (Å²) in [5.41, 5.74) is 0.808. The number of carboxylic acid groups (broad SMARTS) is 1. The van der Waals surface area contributed by atoms with Gasteiger partial charge in [-0.05, 0) is 25.1 Å². The van der Waals surface area contributed by atoms with Crippen molar-refractivity contribution in [2.75, 3.05) is 0 Å². The summed E-state index contributed by atoms with van der Waals surface area (Å²) >= 11 is 0. The molecular formula is C12H8FN3O2. The molecule has 0 spiro atoms. The average Bonchev–Trinajstić information content (AvgIpc) is 2.71. The SMILES string of the molecule is Cc1nn(-c2ccc(F)cc2C#N)cc1C(=O)O. The van der Waals surface area contributed by atoms with Gasteiger partial charge in [0.2, 0.25) is 0 Å². The lowest BCUT2D eigenvalue weighted by atomic mass is 10.2. The topological polar surface area (TPSA) is 78.9 Å². The third-order valence-electron chi connectivity index (χ3n) is 2.46. The number of rotatable bonds is 2. The Kier molecular flexibility index (Phi) is 2.81. The Hall–Kier alpha value is -2.68. The van der Waals surface area contributed by atoms with Crippen molar-refractivity contribution in [2.45, 2.75) is 6.92 Å². The minimum Gasteiger partial charge on any atom is -0.478 e. The van der Waals surface area contributed by atoms with E-state index in [1.54, 1.807) is 6.92 Å². The Bertz CT molecular complexity index is 670. The molecule has 0 aliphatic heterocycles. The Morgan fingerprint density at radius 2 is 2.28 bits per heavy atom. The van der Waals surface area contributed by atoms with Crippen LogP contribution >= 0.6 is 0 Å². The molecule has 5 nitrogen and oxygen atoms in total. The van der Waals surface area contributed by atoms with Crippen molar-refractivity contribution in [1.29, 1.82) is 5.26 Å². The van der Waals surface area contributed by atoms with E-state index in [1.807, 2.05) is 6.07 Å². The first-order chi connectivity index (χ1) is 8.52. The van der Waals surface area contributed by atoms with Gasteiger partial charge in [-0.25, -0.2) is 13.9 Å². The van der Waals surface area contributed by atoms with E-state index in [0.29, 0.717) is 11.4 Å². The first-order valence-corrected chi connectivity index (χ1v) is 5.02. The van der Waals surface area contributed by atoms with Crippen LogP contribution in [0.5, 0.6) is 0 Å². The summed E-state index contributed by atoms with van der Waals surface area (Å²) in [6.07, 6.45) is 1.30. The maximum Gasteiger partial charge on any atom is 0.339 e. The molecule has 0 atom stereocenters. The van der Waals surface area contributed by atoms with Gasteiger partial charge in [0.1, 0.15) is 17.4 Å². The van der Waals surface area contributed by atoms with Crippen LogP contribution in [0.2, 0.25) is 0 Å². The summed E-state index contributed by atoms with van der Waals surface area (Å²) in [5.74, 6) is -1.63. The molecule has 1 aromatic heterocycles. The van der Waals surface area contributed by atoms with Gasteiger partial charge in [-0.1, -0.05) is 0 Å². The molecule has 0 saturated carbocycles. The minimum absolute atomic E-state index is 0.0446. The molecule has 2 rings (SSSR count). The first kappa shape index (κ1) is 11.8. The molecule has 0 amide bonds. The van der Waals surface area contributed by atoms with E-state index in [4.69, 9.17) is 10.4 Å². The highest BCUT2D eigenvalue weighted by molar-refractivity contribution is 5.88. The third-order valence-corrected chi connectivity index (χ3v) is 2.46. The van der Waals surface area contributed by atoms with Crippen molar-refractivity contribution < 1.29 is 14.3 Å². The first-order valence-electron chi connectivity index (χ1n) is 5.02. The lowest BCUT2D eigenvalue weighted by molar-refractivity contribution is 0.0696. The van der Waals surface area contributed by atoms with E-state index < -0.39 is 11.8 Å². The van der Waals surface area contributed by atoms with E-state index in [1.165, 1.54) is 23.0 Å². The third kappa shape index (κ3) is 1.94. The molecule has 0 aliphatic rings. The fraction of sp³-hybridized carbons (Fsp3) is 0.0833. The highest BCUT2D eigenvalue weighted by Crippen LogP contribution is 2.17. The highest BCUT2D eigenvalue weighted by atomic mass is 19.1. The van der Waals surface area contributed by atoms with Gasteiger partial charge in [0.25, 0.3) is 0 Å². The number of carboxylic acids is 1. The van der Waals surface area contributed by atoms with Crippen molar-refractivity contribution in [2.24, 2.45) is 0 Å². The Morgan fingerprint density at radius 1 is 1.56 bits per heavy atom. The molecular weight excluding hydrogens is 237 g/mol. The zero-order chi connectivity index (χ0) is 13.3. The van der Waals surface area contributed by atoms with E-state index >= 15 is 0 Å². The molecule has 90 valence electrons. The lowest BCUT2D eigenvalue weighted by Crippen LogP contribution is -1.99. The van der Waals surface area contributed by atoms with Crippen molar-refractivity contribution in [3.8, 4) is 11.8 Å². The summed E-state index contributed by atoms with van der Waals surface area (Å²) in [6, 6.07) is 5.49. The summed E-state index contributed by atoms with van der Waals surface area (Å²) in [4.78, 5) is 10.9. The lowest BCUT2D eigenvalue weighted by Gasteiger charge is -2.03. The van der Waals surface area contributed by atoms with Gasteiger partial charge < -0.3 is 5.11 Å². The maximum atomic E-state index is 13.0. The largest absolute Gasteiger partial charge is 0.478 e. The Labute approximate surface area is 102 Å². The van der Waals surface area contributed by atoms with Crippen LogP contribution in [0.1, 0.15) is 21.6 Å². The highest BCUT2D eigenvalue weighted by Gasteiger charge is 2.14. The predicted molar refractivity (Wildman–Crippen MR) is 59.9 cm³/mol. The fourth-order valence-corrected chi connectivity index (χ4v) is 1.59. The number of hydrogen-bond acceptors (Lipinski definition) is 3. The van der Waals surface area contributed by atoms with Gasteiger partial charge in [-0.15, -0.1) is 0 Å². The molecule has 1 heterocycles. The van der Waals surface area contributed by atoms with Crippen molar-refractivity contribution in [3.63, 3.8) is 0 Å². The zero-order valence-corrected chi connectivity index (χ0v) is 9.38. The van der Waals surface area contributed by atoms with E-state index in [-0.39, 0.29) is 11.1 Å². The Morgan fingerprint density at radius 3 is 2.83 bits per heavy atom. The molecule has 0 bridgehead atoms. The number of aromatic carboxylic acids is 1. The molecule has 1 N–H and O–H groups in total. The van der Waals surface area contributed by atoms with Gasteiger partial charge in [0, 0.05) is 6.20 Å². The summed E-state index contributed by atoms with van der Waals surface area (Å²) in [5, 5.41) is 21.8. The number of nitriles is 1. The zero-order valence-electron chi connectivity index (χ0n) is 9.38. The van der Waals surface area contributed by atoms with E-state index in [2.05, 4.69) is 5.10 Å². The fourth-order valence-electron chi connectivity index (χ4n) is 1.59. The molecule has 0 radical (unpaired) electrons. The van der Waals surface area contributed by atoms with E-state index in [0.717, 1.165) is 6.07 Å². The van der Waals surface area contributed by atoms with Crippen LogP contribution in [0.15, 0.2) is 24.4 Å². The van der Waals surface area contributed by atoms with Crippen LogP contribution in [0, 0.1) is 24.1 Å². The van der Waals surface area contributed by atoms with E-state index in [9.17, 15) is 9.18 Å². The summed E-state index contributed by atoms with van der Waals surface area (Å²) in [6.45, 7) is 1.55. The van der Waals surface area contributed by atoms with Crippen LogP contribution in [0.3, 0.4) is 0 Å². The molecule has 18 heavy (non-hydrogen) atoms. The second kappa shape index (κ2) is 4.30. The molecule has 0 aliphatic carbocycles. The molecule has 2 aromatic rings. The van der Waals surface area contributed by atoms with Gasteiger partial charge in [0.05, 0.1) is 16.9 Å². The number of hydrogen-bond donors (Lipinski definition) is 1. The predicted octanol–water partition coefficient (Wildman–Crippen LogP) is 1.89. The monoisotopic (exact) mass is 245 g/mol. The standard InChI is InChI=1S/C12H8FN3O2/c1-7-10(12(17)18)6-16(15-7)11-3-2-9(13)4-8(11)5-14/h2-4,6H,1H3,(H,17,18). The number of benzene rings is 1. The minimum atomic E-state index is -1.10. The van der Waals surface area contributed by atoms with Crippen LogP contribution < -0.4 is 0 Å². The molecule has 0 fully saturated rings. The van der Waals surface area contributed by atoms with Crippen LogP contribution in [-0.4, -0.2) is 20.9 Å². The number of nitrogens with zero attached hydrogens (tertiary/aromatic N) is 3. The number of aryl methyl sites for hydroxylation is 1. The number of halogens is 1. The van der Waals surface area contributed by atoms with Crippen molar-refractivity contribution in [3.05, 3.63) is 47.0 Å². The van der Waals surface area contributed by atoms with Gasteiger partial charge >= 0.3 is 5.97 Å². The second-order valence-electron chi connectivity index (χ2n) is 3.65. The quantitative estimate of drug-likeness (QED) is 0.876. The van der Waals surface area contributed by atoms with Crippen LogP contribution in [0.4, 0.5) is 4.39 Å². The molecule has 0 unspecified atom stereocenters. The van der Waals surface area contributed by atoms with Crippen molar-refractivity contribution in [1.82, 2.24) is 9.78 Å². The molecule has 0 saturated heterocycles. The van der Waals surface area contributed by atoms with Crippen LogP contribution in [-0.2, 0) is 0 Å². The number of carbonyl (C=O) groups is 1. The van der Waals surface area contributed by atoms with Crippen molar-refractivity contribution >= 4 is 5.97 Å². The molecule has 1 aromatic carbocycles. The number of aromatic nitrogens is 2. The summed E-state index contributed by atoms with van der Waals surface area (Å²) < 4.78 is 14.2. The van der Waals surface area contributed by atoms with Gasteiger partial charge in [0.15, 0.2) is 0 Å². The smallest absolute Gasteiger partial charge is 0.339 e. The average molecular weight is 245 g/mol. The molecule has 6 heteroatoms. The second-order valence-corrected chi connectivity index (χ2v) is 3.65. The van der Waals surface area contributed by atoms with Gasteiger partial charge in [-0.2, -0.15) is 10.4 Å². The van der Waals surface area contributed by atoms with Gasteiger partial charge in [-0.3, -0.25) is 0 Å². The Balaban J connectivity index is 2.60.